The molecule has 0 fully saturated rings. The molecule has 4 aromatic rings. The minimum Gasteiger partial charge on any atom is -0.326 e. The summed E-state index contributed by atoms with van der Waals surface area (Å²) in [5, 5.41) is 4.56. The molecule has 0 radical (unpaired) electrons. The van der Waals surface area contributed by atoms with E-state index in [1.165, 1.54) is 6.26 Å². The van der Waals surface area contributed by atoms with Crippen molar-refractivity contribution in [3.8, 4) is 16.8 Å². The van der Waals surface area contributed by atoms with Gasteiger partial charge in [0, 0.05) is 30.6 Å². The molecule has 3 aromatic carbocycles. The molecular formula is C27H26N4O3S. The van der Waals surface area contributed by atoms with Gasteiger partial charge in [-0.2, -0.15) is 5.10 Å². The molecule has 1 aliphatic heterocycles. The lowest BCUT2D eigenvalue weighted by molar-refractivity contribution is 0.0982. The van der Waals surface area contributed by atoms with E-state index in [4.69, 9.17) is 5.73 Å². The minimum atomic E-state index is -3.37. The molecule has 0 spiro atoms. The van der Waals surface area contributed by atoms with Crippen LogP contribution in [0.15, 0.2) is 77.7 Å². The first kappa shape index (κ1) is 23.0. The van der Waals surface area contributed by atoms with Gasteiger partial charge in [-0.25, -0.2) is 13.1 Å². The molecule has 2 N–H and O–H groups in total. The fourth-order valence-electron chi connectivity index (χ4n) is 4.61. The van der Waals surface area contributed by atoms with E-state index in [0.29, 0.717) is 35.7 Å². The summed E-state index contributed by atoms with van der Waals surface area (Å²) in [5.74, 6) is -0.133. The van der Waals surface area contributed by atoms with Crippen LogP contribution in [0.4, 0.5) is 5.69 Å². The Kier molecular flexibility index (Phi) is 5.78. The highest BCUT2D eigenvalue weighted by atomic mass is 32.2. The zero-order valence-corrected chi connectivity index (χ0v) is 20.4. The third-order valence-corrected chi connectivity index (χ3v) is 7.41. The molecule has 0 aliphatic carbocycles. The van der Waals surface area contributed by atoms with Crippen LogP contribution in [0.5, 0.6) is 0 Å². The number of aryl methyl sites for hydroxylation is 1. The van der Waals surface area contributed by atoms with E-state index < -0.39 is 9.84 Å². The Bertz CT molecular complexity index is 1560. The van der Waals surface area contributed by atoms with Crippen LogP contribution in [0, 0.1) is 6.92 Å². The van der Waals surface area contributed by atoms with E-state index in [2.05, 4.69) is 5.10 Å². The number of carbonyl (C=O) groups is 1. The summed E-state index contributed by atoms with van der Waals surface area (Å²) in [6, 6.07) is 22.2. The zero-order valence-electron chi connectivity index (χ0n) is 19.6. The Balaban J connectivity index is 1.51. The lowest BCUT2D eigenvalue weighted by atomic mass is 10.0. The Morgan fingerprint density at radius 2 is 1.83 bits per heavy atom. The first-order valence-electron chi connectivity index (χ1n) is 11.4. The van der Waals surface area contributed by atoms with E-state index in [0.717, 1.165) is 33.8 Å². The third-order valence-electron chi connectivity index (χ3n) is 6.26. The summed E-state index contributed by atoms with van der Waals surface area (Å²) < 4.78 is 26.2. The number of sulfone groups is 1. The van der Waals surface area contributed by atoms with Crippen molar-refractivity contribution in [2.45, 2.75) is 24.8 Å². The van der Waals surface area contributed by atoms with Gasteiger partial charge in [0.1, 0.15) is 5.69 Å². The molecule has 0 unspecified atom stereocenters. The maximum Gasteiger partial charge on any atom is 0.277 e. The van der Waals surface area contributed by atoms with Crippen LogP contribution >= 0.6 is 0 Å². The van der Waals surface area contributed by atoms with Crippen LogP contribution in [0.1, 0.15) is 27.3 Å². The molecule has 7 nitrogen and oxygen atoms in total. The van der Waals surface area contributed by atoms with Crippen LogP contribution < -0.4 is 10.6 Å². The lowest BCUT2D eigenvalue weighted by Crippen LogP contribution is -2.30. The van der Waals surface area contributed by atoms with Gasteiger partial charge in [-0.15, -0.1) is 0 Å². The maximum atomic E-state index is 13.7. The number of rotatable bonds is 5. The van der Waals surface area contributed by atoms with Crippen molar-refractivity contribution in [2.75, 3.05) is 17.7 Å². The topological polar surface area (TPSA) is 98.3 Å². The van der Waals surface area contributed by atoms with Crippen molar-refractivity contribution in [3.05, 3.63) is 95.3 Å². The SMILES string of the molecule is Cc1cc(C(=O)N2CCc3cc(-c4ccccc4S(C)(=O)=O)ccc32)n(-c2cccc(CN)c2)n1. The van der Waals surface area contributed by atoms with E-state index in [-0.39, 0.29) is 5.91 Å². The highest BCUT2D eigenvalue weighted by Gasteiger charge is 2.29. The summed E-state index contributed by atoms with van der Waals surface area (Å²) in [7, 11) is -3.37. The number of amides is 1. The van der Waals surface area contributed by atoms with Gasteiger partial charge in [0.05, 0.1) is 16.3 Å². The summed E-state index contributed by atoms with van der Waals surface area (Å²) in [5.41, 5.74) is 12.1. The largest absolute Gasteiger partial charge is 0.326 e. The number of nitrogens with two attached hydrogens (primary N) is 1. The molecule has 8 heteroatoms. The van der Waals surface area contributed by atoms with Crippen LogP contribution in [0.25, 0.3) is 16.8 Å². The molecule has 0 saturated heterocycles. The second-order valence-corrected chi connectivity index (χ2v) is 10.8. The zero-order chi connectivity index (χ0) is 24.7. The number of anilines is 1. The van der Waals surface area contributed by atoms with Gasteiger partial charge < -0.3 is 10.6 Å². The molecule has 1 aromatic heterocycles. The number of aromatic nitrogens is 2. The van der Waals surface area contributed by atoms with Crippen LogP contribution in [-0.4, -0.2) is 36.9 Å². The highest BCUT2D eigenvalue weighted by molar-refractivity contribution is 7.90. The van der Waals surface area contributed by atoms with Crippen molar-refractivity contribution in [1.29, 1.82) is 0 Å². The highest BCUT2D eigenvalue weighted by Crippen LogP contribution is 2.35. The van der Waals surface area contributed by atoms with Crippen molar-refractivity contribution in [3.63, 3.8) is 0 Å². The van der Waals surface area contributed by atoms with Crippen LogP contribution in [-0.2, 0) is 22.8 Å². The van der Waals surface area contributed by atoms with Crippen LogP contribution in [0.2, 0.25) is 0 Å². The van der Waals surface area contributed by atoms with Crippen molar-refractivity contribution >= 4 is 21.4 Å². The summed E-state index contributed by atoms with van der Waals surface area (Å²) >= 11 is 0. The van der Waals surface area contributed by atoms with E-state index in [1.54, 1.807) is 27.8 Å². The van der Waals surface area contributed by atoms with E-state index in [1.807, 2.05) is 61.5 Å². The molecular weight excluding hydrogens is 460 g/mol. The molecule has 178 valence electrons. The predicted octanol–water partition coefficient (Wildman–Crippen LogP) is 3.91. The van der Waals surface area contributed by atoms with Gasteiger partial charge in [0.25, 0.3) is 5.91 Å². The molecule has 2 heterocycles. The average molecular weight is 487 g/mol. The predicted molar refractivity (Wildman–Crippen MR) is 137 cm³/mol. The third kappa shape index (κ3) is 4.26. The van der Waals surface area contributed by atoms with Gasteiger partial charge in [0.15, 0.2) is 9.84 Å². The standard InChI is InChI=1S/C27H26N4O3S/c1-18-14-25(31(29-18)22-7-5-6-19(15-22)17-28)27(32)30-13-12-21-16-20(10-11-24(21)30)23-8-3-4-9-26(23)35(2,33)34/h3-11,14-16H,12-13,17,28H2,1-2H3. The first-order chi connectivity index (χ1) is 16.8. The molecule has 1 amide bonds. The number of benzene rings is 3. The Hall–Kier alpha value is -3.75. The maximum absolute atomic E-state index is 13.7. The van der Waals surface area contributed by atoms with Crippen LogP contribution in [0.3, 0.4) is 0 Å². The number of hydrogen-bond donors (Lipinski definition) is 1. The van der Waals surface area contributed by atoms with Crippen molar-refractivity contribution in [2.24, 2.45) is 5.73 Å². The minimum absolute atomic E-state index is 0.133. The van der Waals surface area contributed by atoms with Gasteiger partial charge in [-0.05, 0) is 66.4 Å². The Morgan fingerprint density at radius 3 is 2.60 bits per heavy atom. The molecule has 0 atom stereocenters. The Morgan fingerprint density at radius 1 is 1.03 bits per heavy atom. The van der Waals surface area contributed by atoms with E-state index >= 15 is 0 Å². The van der Waals surface area contributed by atoms with Crippen molar-refractivity contribution in [1.82, 2.24) is 9.78 Å². The monoisotopic (exact) mass is 486 g/mol. The van der Waals surface area contributed by atoms with Gasteiger partial charge in [-0.3, -0.25) is 4.79 Å². The Labute approximate surface area is 204 Å². The molecule has 0 bridgehead atoms. The second-order valence-electron chi connectivity index (χ2n) is 8.78. The molecule has 35 heavy (non-hydrogen) atoms. The number of carbonyl (C=O) groups excluding carboxylic acids is 1. The van der Waals surface area contributed by atoms with Gasteiger partial charge in [-0.1, -0.05) is 36.4 Å². The summed E-state index contributed by atoms with van der Waals surface area (Å²) in [6.45, 7) is 2.81. The van der Waals surface area contributed by atoms with Crippen molar-refractivity contribution < 1.29 is 13.2 Å². The smallest absolute Gasteiger partial charge is 0.277 e. The second kappa shape index (κ2) is 8.79. The number of hydrogen-bond acceptors (Lipinski definition) is 5. The molecule has 1 aliphatic rings. The van der Waals surface area contributed by atoms with Gasteiger partial charge >= 0.3 is 0 Å². The first-order valence-corrected chi connectivity index (χ1v) is 13.3. The average Bonchev–Trinajstić information content (AvgIpc) is 3.46. The van der Waals surface area contributed by atoms with Gasteiger partial charge in [0.2, 0.25) is 0 Å². The number of fused-ring (bicyclic) bond motifs is 1. The fraction of sp³-hybridized carbons (Fsp3) is 0.185. The quantitative estimate of drug-likeness (QED) is 0.461. The summed E-state index contributed by atoms with van der Waals surface area (Å²) in [4.78, 5) is 15.7. The fourth-order valence-corrected chi connectivity index (χ4v) is 5.52. The summed E-state index contributed by atoms with van der Waals surface area (Å²) in [6.07, 6.45) is 1.90. The van der Waals surface area contributed by atoms with E-state index in [9.17, 15) is 13.2 Å². The number of nitrogens with zero attached hydrogens (tertiary/aromatic N) is 3. The molecule has 5 rings (SSSR count). The lowest BCUT2D eigenvalue weighted by Gasteiger charge is -2.19. The normalized spacial score (nSPS) is 13.2. The molecule has 0 saturated carbocycles.